The lowest BCUT2D eigenvalue weighted by Crippen LogP contribution is -2.42. The molecule has 0 radical (unpaired) electrons. The molecule has 0 spiro atoms. The molecule has 15 heavy (non-hydrogen) atoms. The van der Waals surface area contributed by atoms with Gasteiger partial charge in [0.2, 0.25) is 5.91 Å². The van der Waals surface area contributed by atoms with Crippen molar-refractivity contribution in [3.8, 4) is 0 Å². The van der Waals surface area contributed by atoms with Crippen molar-refractivity contribution in [3.63, 3.8) is 0 Å². The van der Waals surface area contributed by atoms with Gasteiger partial charge in [0.1, 0.15) is 0 Å². The number of nitrogens with zero attached hydrogens (tertiary/aromatic N) is 1. The molecular weight excluding hydrogens is 194 g/mol. The van der Waals surface area contributed by atoms with Gasteiger partial charge in [0.15, 0.2) is 0 Å². The largest absolute Gasteiger partial charge is 0.396 e. The molecule has 0 unspecified atom stereocenters. The predicted octanol–water partition coefficient (Wildman–Crippen LogP) is 0.254. The number of piperidine rings is 1. The summed E-state index contributed by atoms with van der Waals surface area (Å²) in [5.41, 5.74) is 0. The van der Waals surface area contributed by atoms with Gasteiger partial charge in [-0.25, -0.2) is 0 Å². The molecule has 2 rings (SSSR count). The molecule has 1 amide bonds. The van der Waals surface area contributed by atoms with Crippen LogP contribution in [0.25, 0.3) is 0 Å². The molecule has 0 aromatic carbocycles. The summed E-state index contributed by atoms with van der Waals surface area (Å²) in [7, 11) is 0. The van der Waals surface area contributed by atoms with Crippen LogP contribution in [0.2, 0.25) is 0 Å². The first-order valence-electron chi connectivity index (χ1n) is 5.76. The maximum absolute atomic E-state index is 11.8. The normalized spacial score (nSPS) is 23.9. The SMILES string of the molecule is O=C(CC1COC1)N1CCC(CO)CC1. The lowest BCUT2D eigenvalue weighted by Gasteiger charge is -2.33. The van der Waals surface area contributed by atoms with Crippen LogP contribution >= 0.6 is 0 Å². The lowest BCUT2D eigenvalue weighted by molar-refractivity contribution is -0.138. The summed E-state index contributed by atoms with van der Waals surface area (Å²) in [6, 6.07) is 0. The molecule has 0 aromatic heterocycles. The van der Waals surface area contributed by atoms with E-state index in [0.29, 0.717) is 18.3 Å². The van der Waals surface area contributed by atoms with Gasteiger partial charge in [0.25, 0.3) is 0 Å². The van der Waals surface area contributed by atoms with Crippen LogP contribution in [0, 0.1) is 11.8 Å². The summed E-state index contributed by atoms with van der Waals surface area (Å²) >= 11 is 0. The van der Waals surface area contributed by atoms with Crippen LogP contribution in [0.15, 0.2) is 0 Å². The molecule has 0 aliphatic carbocycles. The second-order valence-electron chi connectivity index (χ2n) is 4.61. The van der Waals surface area contributed by atoms with Crippen LogP contribution in [0.1, 0.15) is 19.3 Å². The summed E-state index contributed by atoms with van der Waals surface area (Å²) in [6.45, 7) is 3.39. The number of amides is 1. The molecule has 0 atom stereocenters. The third-order valence-corrected chi connectivity index (χ3v) is 3.40. The van der Waals surface area contributed by atoms with Crippen molar-refractivity contribution in [2.24, 2.45) is 11.8 Å². The Kier molecular flexibility index (Phi) is 3.59. The second kappa shape index (κ2) is 4.94. The van der Waals surface area contributed by atoms with E-state index < -0.39 is 0 Å². The van der Waals surface area contributed by atoms with Gasteiger partial charge in [0, 0.05) is 32.0 Å². The van der Waals surface area contributed by atoms with Crippen LogP contribution in [0.3, 0.4) is 0 Å². The van der Waals surface area contributed by atoms with Gasteiger partial charge in [-0.15, -0.1) is 0 Å². The molecule has 0 aromatic rings. The van der Waals surface area contributed by atoms with Gasteiger partial charge in [-0.2, -0.15) is 0 Å². The average molecular weight is 213 g/mol. The molecule has 86 valence electrons. The molecule has 2 aliphatic heterocycles. The minimum Gasteiger partial charge on any atom is -0.396 e. The van der Waals surface area contributed by atoms with Crippen molar-refractivity contribution in [1.82, 2.24) is 4.90 Å². The summed E-state index contributed by atoms with van der Waals surface area (Å²) in [4.78, 5) is 13.7. The molecule has 2 heterocycles. The first kappa shape index (κ1) is 10.9. The van der Waals surface area contributed by atoms with E-state index in [-0.39, 0.29) is 12.5 Å². The van der Waals surface area contributed by atoms with E-state index in [2.05, 4.69) is 0 Å². The van der Waals surface area contributed by atoms with Crippen LogP contribution in [0.5, 0.6) is 0 Å². The van der Waals surface area contributed by atoms with Crippen molar-refractivity contribution >= 4 is 5.91 Å². The van der Waals surface area contributed by atoms with Gasteiger partial charge < -0.3 is 14.7 Å². The van der Waals surface area contributed by atoms with Crippen molar-refractivity contribution in [2.75, 3.05) is 32.9 Å². The highest BCUT2D eigenvalue weighted by molar-refractivity contribution is 5.76. The molecule has 2 fully saturated rings. The number of aliphatic hydroxyl groups is 1. The number of aliphatic hydroxyl groups excluding tert-OH is 1. The number of likely N-dealkylation sites (tertiary alicyclic amines) is 1. The number of hydrogen-bond donors (Lipinski definition) is 1. The lowest BCUT2D eigenvalue weighted by atomic mass is 9.96. The smallest absolute Gasteiger partial charge is 0.223 e. The first-order chi connectivity index (χ1) is 7.29. The molecule has 2 saturated heterocycles. The highest BCUT2D eigenvalue weighted by atomic mass is 16.5. The fourth-order valence-corrected chi connectivity index (χ4v) is 2.14. The van der Waals surface area contributed by atoms with E-state index in [4.69, 9.17) is 9.84 Å². The standard InChI is InChI=1S/C11H19NO3/c13-6-9-1-3-12(4-2-9)11(14)5-10-7-15-8-10/h9-10,13H,1-8H2. The zero-order chi connectivity index (χ0) is 10.7. The van der Waals surface area contributed by atoms with Gasteiger partial charge in [0.05, 0.1) is 13.2 Å². The minimum absolute atomic E-state index is 0.262. The Morgan fingerprint density at radius 2 is 1.93 bits per heavy atom. The van der Waals surface area contributed by atoms with E-state index in [1.165, 1.54) is 0 Å². The maximum Gasteiger partial charge on any atom is 0.223 e. The molecule has 0 saturated carbocycles. The highest BCUT2D eigenvalue weighted by Gasteiger charge is 2.27. The average Bonchev–Trinajstić information content (AvgIpc) is 2.23. The van der Waals surface area contributed by atoms with Crippen molar-refractivity contribution in [1.29, 1.82) is 0 Å². The number of hydrogen-bond acceptors (Lipinski definition) is 3. The monoisotopic (exact) mass is 213 g/mol. The summed E-state index contributed by atoms with van der Waals surface area (Å²) < 4.78 is 5.05. The fourth-order valence-electron chi connectivity index (χ4n) is 2.14. The Balaban J connectivity index is 1.71. The van der Waals surface area contributed by atoms with Gasteiger partial charge in [-0.1, -0.05) is 0 Å². The number of rotatable bonds is 3. The van der Waals surface area contributed by atoms with E-state index in [1.807, 2.05) is 4.90 Å². The molecule has 4 heteroatoms. The van der Waals surface area contributed by atoms with Gasteiger partial charge in [-0.3, -0.25) is 4.79 Å². The van der Waals surface area contributed by atoms with Gasteiger partial charge in [-0.05, 0) is 18.8 Å². The number of carbonyl (C=O) groups is 1. The van der Waals surface area contributed by atoms with Crippen LogP contribution in [0.4, 0.5) is 0 Å². The quantitative estimate of drug-likeness (QED) is 0.731. The summed E-state index contributed by atoms with van der Waals surface area (Å²) in [6.07, 6.45) is 2.54. The van der Waals surface area contributed by atoms with Crippen molar-refractivity contribution < 1.29 is 14.6 Å². The molecular formula is C11H19NO3. The fraction of sp³-hybridized carbons (Fsp3) is 0.909. The Bertz CT molecular complexity index is 220. The Morgan fingerprint density at radius 3 is 2.40 bits per heavy atom. The molecule has 1 N–H and O–H groups in total. The Labute approximate surface area is 90.2 Å². The highest BCUT2D eigenvalue weighted by Crippen LogP contribution is 2.20. The number of carbonyl (C=O) groups excluding carboxylic acids is 1. The van der Waals surface area contributed by atoms with Gasteiger partial charge >= 0.3 is 0 Å². The van der Waals surface area contributed by atoms with E-state index in [9.17, 15) is 4.79 Å². The van der Waals surface area contributed by atoms with E-state index >= 15 is 0 Å². The zero-order valence-corrected chi connectivity index (χ0v) is 9.02. The van der Waals surface area contributed by atoms with Crippen LogP contribution in [-0.4, -0.2) is 48.8 Å². The third-order valence-electron chi connectivity index (χ3n) is 3.40. The Hall–Kier alpha value is -0.610. The Morgan fingerprint density at radius 1 is 1.27 bits per heavy atom. The third kappa shape index (κ3) is 2.69. The molecule has 4 nitrogen and oxygen atoms in total. The zero-order valence-electron chi connectivity index (χ0n) is 9.02. The molecule has 2 aliphatic rings. The first-order valence-corrected chi connectivity index (χ1v) is 5.76. The predicted molar refractivity (Wildman–Crippen MR) is 55.3 cm³/mol. The second-order valence-corrected chi connectivity index (χ2v) is 4.61. The summed E-state index contributed by atoms with van der Waals surface area (Å²) in [5.74, 6) is 1.12. The maximum atomic E-state index is 11.8. The van der Waals surface area contributed by atoms with Crippen LogP contribution in [-0.2, 0) is 9.53 Å². The summed E-state index contributed by atoms with van der Waals surface area (Å²) in [5, 5.41) is 8.99. The topological polar surface area (TPSA) is 49.8 Å². The van der Waals surface area contributed by atoms with E-state index in [0.717, 1.165) is 39.1 Å². The minimum atomic E-state index is 0.262. The molecule has 0 bridgehead atoms. The van der Waals surface area contributed by atoms with E-state index in [1.54, 1.807) is 0 Å². The van der Waals surface area contributed by atoms with Crippen molar-refractivity contribution in [2.45, 2.75) is 19.3 Å². The van der Waals surface area contributed by atoms with Crippen LogP contribution < -0.4 is 0 Å². The number of ether oxygens (including phenoxy) is 1. The van der Waals surface area contributed by atoms with Crippen molar-refractivity contribution in [3.05, 3.63) is 0 Å².